The number of allylic oxidation sites excluding steroid dienone is 1. The maximum atomic E-state index is 12.8. The van der Waals surface area contributed by atoms with Gasteiger partial charge in [0.15, 0.2) is 5.78 Å². The fourth-order valence-corrected chi connectivity index (χ4v) is 2.32. The Kier molecular flexibility index (Phi) is 2.67. The van der Waals surface area contributed by atoms with Crippen LogP contribution in [0, 0.1) is 5.82 Å². The number of carbonyl (C=O) groups is 1. The van der Waals surface area contributed by atoms with Gasteiger partial charge in [-0.15, -0.1) is 0 Å². The first kappa shape index (κ1) is 11.7. The van der Waals surface area contributed by atoms with Crippen LogP contribution in [0.15, 0.2) is 48.0 Å². The second kappa shape index (κ2) is 4.35. The molecule has 2 nitrogen and oxygen atoms in total. The summed E-state index contributed by atoms with van der Waals surface area (Å²) in [6.07, 6.45) is 2.24. The lowest BCUT2D eigenvalue weighted by atomic mass is 10.1. The van der Waals surface area contributed by atoms with Crippen LogP contribution in [-0.2, 0) is 6.42 Å². The smallest absolute Gasteiger partial charge is 0.193 e. The molecule has 0 aliphatic heterocycles. The van der Waals surface area contributed by atoms with E-state index in [1.807, 2.05) is 6.07 Å². The van der Waals surface area contributed by atoms with Gasteiger partial charge in [0.25, 0.3) is 0 Å². The van der Waals surface area contributed by atoms with E-state index in [-0.39, 0.29) is 17.3 Å². The molecule has 2 aromatic rings. The lowest BCUT2D eigenvalue weighted by molar-refractivity contribution is 0.103. The molecule has 2 aromatic carbocycles. The Morgan fingerprint density at radius 3 is 2.53 bits per heavy atom. The second-order valence-corrected chi connectivity index (χ2v) is 4.54. The van der Waals surface area contributed by atoms with Gasteiger partial charge in [-0.25, -0.2) is 4.39 Å². The molecule has 0 saturated heterocycles. The molecule has 0 heterocycles. The third-order valence-electron chi connectivity index (χ3n) is 3.24. The van der Waals surface area contributed by atoms with Crippen molar-refractivity contribution < 1.29 is 14.3 Å². The van der Waals surface area contributed by atoms with Crippen LogP contribution < -0.4 is 0 Å². The number of ketones is 1. The van der Waals surface area contributed by atoms with Gasteiger partial charge in [-0.1, -0.05) is 24.3 Å². The minimum Gasteiger partial charge on any atom is -0.507 e. The number of rotatable bonds is 1. The summed E-state index contributed by atoms with van der Waals surface area (Å²) in [6.45, 7) is 0. The molecule has 0 spiro atoms. The summed E-state index contributed by atoms with van der Waals surface area (Å²) in [7, 11) is 0. The minimum atomic E-state index is -0.305. The van der Waals surface area contributed by atoms with Gasteiger partial charge in [-0.2, -0.15) is 0 Å². The molecule has 0 aromatic heterocycles. The Morgan fingerprint density at radius 2 is 1.84 bits per heavy atom. The molecule has 0 bridgehead atoms. The minimum absolute atomic E-state index is 0.0185. The molecule has 0 saturated carbocycles. The van der Waals surface area contributed by atoms with Crippen LogP contribution in [0.1, 0.15) is 21.5 Å². The van der Waals surface area contributed by atoms with Crippen LogP contribution in [0.5, 0.6) is 5.75 Å². The summed E-state index contributed by atoms with van der Waals surface area (Å²) in [6, 6.07) is 11.0. The van der Waals surface area contributed by atoms with Gasteiger partial charge >= 0.3 is 0 Å². The van der Waals surface area contributed by atoms with Crippen LogP contribution in [0.3, 0.4) is 0 Å². The zero-order valence-electron chi connectivity index (χ0n) is 10.1. The van der Waals surface area contributed by atoms with Crippen molar-refractivity contribution >= 4 is 11.9 Å². The fraction of sp³-hybridized carbons (Fsp3) is 0.0625. The molecular formula is C16H11FO2. The van der Waals surface area contributed by atoms with Gasteiger partial charge in [0.1, 0.15) is 11.6 Å². The van der Waals surface area contributed by atoms with Crippen molar-refractivity contribution in [3.63, 3.8) is 0 Å². The Morgan fingerprint density at radius 1 is 1.11 bits per heavy atom. The quantitative estimate of drug-likeness (QED) is 0.792. The van der Waals surface area contributed by atoms with Gasteiger partial charge in [0, 0.05) is 12.0 Å². The molecule has 0 amide bonds. The Balaban J connectivity index is 2.00. The first-order valence-electron chi connectivity index (χ1n) is 5.97. The highest BCUT2D eigenvalue weighted by Crippen LogP contribution is 2.33. The van der Waals surface area contributed by atoms with E-state index >= 15 is 0 Å². The highest BCUT2D eigenvalue weighted by Gasteiger charge is 2.27. The number of aromatic hydroxyl groups is 1. The van der Waals surface area contributed by atoms with Crippen molar-refractivity contribution in [1.29, 1.82) is 0 Å². The number of Topliss-reactive ketones (excluding diaryl/α,β-unsaturated/α-hetero) is 1. The van der Waals surface area contributed by atoms with Crippen molar-refractivity contribution in [1.82, 2.24) is 0 Å². The number of phenols is 1. The van der Waals surface area contributed by atoms with Crippen molar-refractivity contribution in [2.24, 2.45) is 0 Å². The normalized spacial score (nSPS) is 15.8. The maximum Gasteiger partial charge on any atom is 0.193 e. The van der Waals surface area contributed by atoms with E-state index in [1.54, 1.807) is 24.3 Å². The van der Waals surface area contributed by atoms with E-state index in [4.69, 9.17) is 0 Å². The summed E-state index contributed by atoms with van der Waals surface area (Å²) in [5, 5.41) is 9.72. The Hall–Kier alpha value is -2.42. The van der Waals surface area contributed by atoms with Gasteiger partial charge in [0.2, 0.25) is 0 Å². The SMILES string of the molecule is O=C1/C(=C/c2ccc(F)cc2)Cc2cccc(O)c21. The summed E-state index contributed by atoms with van der Waals surface area (Å²) in [4.78, 5) is 12.2. The largest absolute Gasteiger partial charge is 0.507 e. The molecule has 3 heteroatoms. The van der Waals surface area contributed by atoms with E-state index in [0.717, 1.165) is 11.1 Å². The lowest BCUT2D eigenvalue weighted by Crippen LogP contribution is -1.95. The number of hydrogen-bond acceptors (Lipinski definition) is 2. The number of fused-ring (bicyclic) bond motifs is 1. The van der Waals surface area contributed by atoms with Gasteiger partial charge in [-0.05, 0) is 35.4 Å². The third-order valence-corrected chi connectivity index (χ3v) is 3.24. The van der Waals surface area contributed by atoms with E-state index in [1.165, 1.54) is 18.2 Å². The number of benzene rings is 2. The number of carbonyl (C=O) groups excluding carboxylic acids is 1. The Bertz CT molecular complexity index is 684. The topological polar surface area (TPSA) is 37.3 Å². The fourth-order valence-electron chi connectivity index (χ4n) is 2.32. The molecule has 0 fully saturated rings. The molecular weight excluding hydrogens is 243 g/mol. The van der Waals surface area contributed by atoms with Crippen LogP contribution >= 0.6 is 0 Å². The number of hydrogen-bond donors (Lipinski definition) is 1. The van der Waals surface area contributed by atoms with Gasteiger partial charge < -0.3 is 5.11 Å². The van der Waals surface area contributed by atoms with Crippen LogP contribution in [0.25, 0.3) is 6.08 Å². The van der Waals surface area contributed by atoms with Crippen LogP contribution in [0.4, 0.5) is 4.39 Å². The average molecular weight is 254 g/mol. The monoisotopic (exact) mass is 254 g/mol. The first-order valence-corrected chi connectivity index (χ1v) is 5.97. The molecule has 94 valence electrons. The second-order valence-electron chi connectivity index (χ2n) is 4.54. The molecule has 1 aliphatic rings. The van der Waals surface area contributed by atoms with Gasteiger partial charge in [-0.3, -0.25) is 4.79 Å². The third kappa shape index (κ3) is 2.03. The standard InChI is InChI=1S/C16H11FO2/c17-13-6-4-10(5-7-13)8-12-9-11-2-1-3-14(18)15(11)16(12)19/h1-8,18H,9H2/b12-8+. The molecule has 1 N–H and O–H groups in total. The van der Waals surface area contributed by atoms with Crippen molar-refractivity contribution in [2.45, 2.75) is 6.42 Å². The molecule has 0 unspecified atom stereocenters. The van der Waals surface area contributed by atoms with Crippen molar-refractivity contribution in [3.05, 3.63) is 70.5 Å². The van der Waals surface area contributed by atoms with E-state index in [0.29, 0.717) is 17.6 Å². The molecule has 0 radical (unpaired) electrons. The molecule has 1 aliphatic carbocycles. The Labute approximate surface area is 109 Å². The lowest BCUT2D eigenvalue weighted by Gasteiger charge is -1.98. The average Bonchev–Trinajstić information content (AvgIpc) is 2.71. The van der Waals surface area contributed by atoms with Crippen LogP contribution in [-0.4, -0.2) is 10.9 Å². The summed E-state index contributed by atoms with van der Waals surface area (Å²) in [5.41, 5.74) is 2.61. The van der Waals surface area contributed by atoms with Gasteiger partial charge in [0.05, 0.1) is 5.56 Å². The first-order chi connectivity index (χ1) is 9.15. The highest BCUT2D eigenvalue weighted by atomic mass is 19.1. The summed E-state index contributed by atoms with van der Waals surface area (Å²) >= 11 is 0. The number of phenolic OH excluding ortho intramolecular Hbond substituents is 1. The van der Waals surface area contributed by atoms with E-state index in [2.05, 4.69) is 0 Å². The predicted molar refractivity (Wildman–Crippen MR) is 70.5 cm³/mol. The summed E-state index contributed by atoms with van der Waals surface area (Å²) in [5.74, 6) is -0.441. The molecule has 3 rings (SSSR count). The van der Waals surface area contributed by atoms with E-state index < -0.39 is 0 Å². The van der Waals surface area contributed by atoms with E-state index in [9.17, 15) is 14.3 Å². The highest BCUT2D eigenvalue weighted by molar-refractivity contribution is 6.17. The number of halogens is 1. The molecule has 19 heavy (non-hydrogen) atoms. The zero-order chi connectivity index (χ0) is 13.4. The summed E-state index contributed by atoms with van der Waals surface area (Å²) < 4.78 is 12.8. The molecule has 0 atom stereocenters. The maximum absolute atomic E-state index is 12.8. The van der Waals surface area contributed by atoms with Crippen LogP contribution in [0.2, 0.25) is 0 Å². The van der Waals surface area contributed by atoms with Crippen molar-refractivity contribution in [3.8, 4) is 5.75 Å². The predicted octanol–water partition coefficient (Wildman–Crippen LogP) is 3.35. The van der Waals surface area contributed by atoms with Crippen molar-refractivity contribution in [2.75, 3.05) is 0 Å². The zero-order valence-corrected chi connectivity index (χ0v) is 10.1.